The molecule has 34 valence electrons. The van der Waals surface area contributed by atoms with E-state index in [9.17, 15) is 0 Å². The van der Waals surface area contributed by atoms with Crippen molar-refractivity contribution in [1.82, 2.24) is 0 Å². The fourth-order valence-electron chi connectivity index (χ4n) is 0. The minimum atomic E-state index is -0.125. The molecule has 0 amide bonds. The summed E-state index contributed by atoms with van der Waals surface area (Å²) in [6.07, 6.45) is 0. The Morgan fingerprint density at radius 2 is 1.17 bits per heavy atom. The molecular formula is C2H8MgO2Ti. The van der Waals surface area contributed by atoms with Crippen molar-refractivity contribution in [2.45, 2.75) is 0 Å². The zero-order chi connectivity index (χ0) is 3.41. The van der Waals surface area contributed by atoms with Crippen LogP contribution in [0, 0.1) is 0 Å². The molecule has 0 saturated heterocycles. The molecule has 6 heavy (non-hydrogen) atoms. The maximum atomic E-state index is 7.62. The van der Waals surface area contributed by atoms with Gasteiger partial charge in [-0.15, -0.1) is 0 Å². The molecule has 2 N–H and O–H groups in total. The first kappa shape index (κ1) is 15.7. The van der Waals surface area contributed by atoms with E-state index in [1.807, 2.05) is 0 Å². The van der Waals surface area contributed by atoms with Crippen molar-refractivity contribution in [2.75, 3.05) is 13.2 Å². The summed E-state index contributed by atoms with van der Waals surface area (Å²) in [5.41, 5.74) is 0. The largest absolute Gasteiger partial charge is 0.394 e. The first-order valence-corrected chi connectivity index (χ1v) is 1.13. The third-order valence-corrected chi connectivity index (χ3v) is 0.1000. The molecule has 0 radical (unpaired) electrons. The van der Waals surface area contributed by atoms with Gasteiger partial charge >= 0.3 is 23.1 Å². The summed E-state index contributed by atoms with van der Waals surface area (Å²) >= 11 is 0. The summed E-state index contributed by atoms with van der Waals surface area (Å²) in [7, 11) is 0. The molecule has 0 rings (SSSR count). The van der Waals surface area contributed by atoms with Crippen LogP contribution in [0.4, 0.5) is 0 Å². The Morgan fingerprint density at radius 1 is 1.00 bits per heavy atom. The van der Waals surface area contributed by atoms with Crippen molar-refractivity contribution in [3.63, 3.8) is 0 Å². The summed E-state index contributed by atoms with van der Waals surface area (Å²) in [5.74, 6) is 0. The second kappa shape index (κ2) is 16.1. The number of hydrogen-bond donors (Lipinski definition) is 2. The number of aliphatic hydroxyl groups excluding tert-OH is 2. The van der Waals surface area contributed by atoms with E-state index in [0.717, 1.165) is 0 Å². The van der Waals surface area contributed by atoms with E-state index in [1.54, 1.807) is 0 Å². The van der Waals surface area contributed by atoms with Crippen molar-refractivity contribution >= 4 is 23.1 Å². The molecule has 0 atom stereocenters. The average molecular weight is 136 g/mol. The van der Waals surface area contributed by atoms with Crippen molar-refractivity contribution in [2.24, 2.45) is 0 Å². The van der Waals surface area contributed by atoms with Gasteiger partial charge in [0.2, 0.25) is 0 Å². The predicted molar refractivity (Wildman–Crippen MR) is 22.7 cm³/mol. The SMILES string of the molecule is OCCO.[MgH2].[Ti]. The maximum Gasteiger partial charge on any atom is 0.316 e. The minimum absolute atomic E-state index is 0. The molecule has 0 aromatic heterocycles. The first-order valence-electron chi connectivity index (χ1n) is 1.13. The van der Waals surface area contributed by atoms with Crippen LogP contribution in [0.1, 0.15) is 0 Å². The van der Waals surface area contributed by atoms with E-state index in [2.05, 4.69) is 0 Å². The van der Waals surface area contributed by atoms with Crippen LogP contribution < -0.4 is 0 Å². The Labute approximate surface area is 68.0 Å². The van der Waals surface area contributed by atoms with Crippen molar-refractivity contribution in [3.8, 4) is 0 Å². The first-order chi connectivity index (χ1) is 1.91. The molecule has 0 unspecified atom stereocenters. The second-order valence-electron chi connectivity index (χ2n) is 0.447. The van der Waals surface area contributed by atoms with Gasteiger partial charge < -0.3 is 10.2 Å². The van der Waals surface area contributed by atoms with Crippen LogP contribution in [-0.2, 0) is 21.7 Å². The molecule has 0 heterocycles. The van der Waals surface area contributed by atoms with Gasteiger partial charge in [-0.1, -0.05) is 0 Å². The second-order valence-corrected chi connectivity index (χ2v) is 0.447. The Balaban J connectivity index is -0.0000000450. The monoisotopic (exact) mass is 136 g/mol. The fraction of sp³-hybridized carbons (Fsp3) is 1.00. The number of aliphatic hydroxyl groups is 2. The number of rotatable bonds is 1. The number of hydrogen-bond acceptors (Lipinski definition) is 2. The summed E-state index contributed by atoms with van der Waals surface area (Å²) in [4.78, 5) is 0. The Morgan fingerprint density at radius 3 is 1.17 bits per heavy atom. The summed E-state index contributed by atoms with van der Waals surface area (Å²) in [5, 5.41) is 15.2. The molecule has 2 nitrogen and oxygen atoms in total. The molecule has 0 aliphatic heterocycles. The molecule has 0 aromatic carbocycles. The molecule has 0 spiro atoms. The molecular weight excluding hydrogens is 128 g/mol. The van der Waals surface area contributed by atoms with Crippen LogP contribution in [-0.4, -0.2) is 46.5 Å². The smallest absolute Gasteiger partial charge is 0.316 e. The summed E-state index contributed by atoms with van der Waals surface area (Å²) in [6, 6.07) is 0. The van der Waals surface area contributed by atoms with E-state index < -0.39 is 0 Å². The van der Waals surface area contributed by atoms with Gasteiger partial charge in [-0.25, -0.2) is 0 Å². The van der Waals surface area contributed by atoms with Crippen LogP contribution in [0.5, 0.6) is 0 Å². The Kier molecular flexibility index (Phi) is 42.1. The standard InChI is InChI=1S/C2H6O2.Mg.Ti.2H/c3-1-2-4;;;;/h3-4H,1-2H2;;;;. The van der Waals surface area contributed by atoms with Crippen LogP contribution in [0.15, 0.2) is 0 Å². The Bertz CT molecular complexity index is 13.5. The van der Waals surface area contributed by atoms with Gasteiger partial charge in [0, 0.05) is 21.7 Å². The predicted octanol–water partition coefficient (Wildman–Crippen LogP) is -1.95. The van der Waals surface area contributed by atoms with Gasteiger partial charge in [-0.2, -0.15) is 0 Å². The van der Waals surface area contributed by atoms with E-state index in [1.165, 1.54) is 0 Å². The average Bonchev–Trinajstić information content (AvgIpc) is 1.37. The van der Waals surface area contributed by atoms with E-state index in [-0.39, 0.29) is 58.0 Å². The molecule has 0 aliphatic rings. The third kappa shape index (κ3) is 18.1. The van der Waals surface area contributed by atoms with Crippen molar-refractivity contribution in [1.29, 1.82) is 0 Å². The van der Waals surface area contributed by atoms with Gasteiger partial charge in [0.25, 0.3) is 0 Å². The fourth-order valence-corrected chi connectivity index (χ4v) is 0. The maximum absolute atomic E-state index is 7.62. The van der Waals surface area contributed by atoms with Gasteiger partial charge in [-0.05, 0) is 0 Å². The molecule has 0 fully saturated rings. The van der Waals surface area contributed by atoms with Gasteiger partial charge in [-0.3, -0.25) is 0 Å². The Hall–Kier alpha value is 1.40. The third-order valence-electron chi connectivity index (χ3n) is 0.1000. The van der Waals surface area contributed by atoms with E-state index >= 15 is 0 Å². The molecule has 0 saturated carbocycles. The van der Waals surface area contributed by atoms with Gasteiger partial charge in [0.05, 0.1) is 13.2 Å². The van der Waals surface area contributed by atoms with Gasteiger partial charge in [0.15, 0.2) is 0 Å². The topological polar surface area (TPSA) is 40.5 Å². The van der Waals surface area contributed by atoms with Crippen LogP contribution in [0.25, 0.3) is 0 Å². The van der Waals surface area contributed by atoms with Crippen LogP contribution in [0.3, 0.4) is 0 Å². The molecule has 4 heteroatoms. The van der Waals surface area contributed by atoms with Crippen LogP contribution >= 0.6 is 0 Å². The van der Waals surface area contributed by atoms with Crippen LogP contribution in [0.2, 0.25) is 0 Å². The van der Waals surface area contributed by atoms with E-state index in [4.69, 9.17) is 10.2 Å². The zero-order valence-electron chi connectivity index (χ0n) is 2.81. The van der Waals surface area contributed by atoms with Gasteiger partial charge in [0.1, 0.15) is 0 Å². The molecule has 0 aliphatic carbocycles. The summed E-state index contributed by atoms with van der Waals surface area (Å²) in [6.45, 7) is -0.250. The molecule has 0 bridgehead atoms. The van der Waals surface area contributed by atoms with Crippen molar-refractivity contribution in [3.05, 3.63) is 0 Å². The zero-order valence-corrected chi connectivity index (χ0v) is 4.37. The summed E-state index contributed by atoms with van der Waals surface area (Å²) < 4.78 is 0. The quantitative estimate of drug-likeness (QED) is 0.411. The van der Waals surface area contributed by atoms with Crippen molar-refractivity contribution < 1.29 is 31.9 Å². The normalized spacial score (nSPS) is 5.00. The van der Waals surface area contributed by atoms with E-state index in [0.29, 0.717) is 0 Å². The minimum Gasteiger partial charge on any atom is -0.394 e. The molecule has 0 aromatic rings.